The smallest absolute Gasteiger partial charge is 0.126 e. The second kappa shape index (κ2) is 4.62. The zero-order valence-electron chi connectivity index (χ0n) is 9.46. The van der Waals surface area contributed by atoms with Crippen LogP contribution < -0.4 is 10.6 Å². The van der Waals surface area contributed by atoms with Gasteiger partial charge >= 0.3 is 0 Å². The van der Waals surface area contributed by atoms with Crippen molar-refractivity contribution < 1.29 is 0 Å². The van der Waals surface area contributed by atoms with Gasteiger partial charge < -0.3 is 10.6 Å². The third-order valence-corrected chi connectivity index (χ3v) is 2.87. The molecule has 3 nitrogen and oxygen atoms in total. The van der Waals surface area contributed by atoms with Crippen LogP contribution in [0.2, 0.25) is 0 Å². The Morgan fingerprint density at radius 2 is 2.33 bits per heavy atom. The van der Waals surface area contributed by atoms with Crippen molar-refractivity contribution in [2.75, 3.05) is 18.4 Å². The maximum atomic E-state index is 4.42. The Morgan fingerprint density at radius 3 is 2.87 bits per heavy atom. The van der Waals surface area contributed by atoms with Gasteiger partial charge in [-0.1, -0.05) is 19.9 Å². The van der Waals surface area contributed by atoms with E-state index in [9.17, 15) is 0 Å². The molecule has 3 heteroatoms. The lowest BCUT2D eigenvalue weighted by Gasteiger charge is -2.12. The predicted octanol–water partition coefficient (Wildman–Crippen LogP) is 1.98. The van der Waals surface area contributed by atoms with Crippen LogP contribution >= 0.6 is 0 Å². The van der Waals surface area contributed by atoms with Crippen LogP contribution in [0.5, 0.6) is 0 Å². The van der Waals surface area contributed by atoms with Gasteiger partial charge in [-0.3, -0.25) is 0 Å². The normalized spacial score (nSPS) is 20.9. The lowest BCUT2D eigenvalue weighted by Crippen LogP contribution is -2.22. The van der Waals surface area contributed by atoms with Crippen LogP contribution in [-0.2, 0) is 0 Å². The van der Waals surface area contributed by atoms with E-state index in [1.54, 1.807) is 0 Å². The summed E-state index contributed by atoms with van der Waals surface area (Å²) in [4.78, 5) is 4.42. The van der Waals surface area contributed by atoms with E-state index in [-0.39, 0.29) is 0 Å². The van der Waals surface area contributed by atoms with Crippen molar-refractivity contribution in [3.05, 3.63) is 23.9 Å². The highest BCUT2D eigenvalue weighted by Gasteiger charge is 2.13. The molecule has 0 aromatic carbocycles. The topological polar surface area (TPSA) is 37.0 Å². The zero-order valence-corrected chi connectivity index (χ0v) is 9.46. The molecule has 0 amide bonds. The SMILES string of the molecule is CC(C)c1ccc(N[C@@H]2CCNC2)nc1. The molecular weight excluding hydrogens is 186 g/mol. The van der Waals surface area contributed by atoms with E-state index in [1.165, 1.54) is 12.0 Å². The van der Waals surface area contributed by atoms with E-state index >= 15 is 0 Å². The molecule has 1 saturated heterocycles. The molecule has 0 radical (unpaired) electrons. The number of aromatic nitrogens is 1. The van der Waals surface area contributed by atoms with E-state index in [0.29, 0.717) is 12.0 Å². The van der Waals surface area contributed by atoms with Crippen molar-refractivity contribution in [2.45, 2.75) is 32.2 Å². The van der Waals surface area contributed by atoms with Crippen LogP contribution in [0.3, 0.4) is 0 Å². The van der Waals surface area contributed by atoms with Crippen LogP contribution in [0.15, 0.2) is 18.3 Å². The Balaban J connectivity index is 1.97. The quantitative estimate of drug-likeness (QED) is 0.792. The standard InChI is InChI=1S/C12H19N3/c1-9(2)10-3-4-12(14-7-10)15-11-5-6-13-8-11/h3-4,7,9,11,13H,5-6,8H2,1-2H3,(H,14,15)/t11-/m1/s1. The summed E-state index contributed by atoms with van der Waals surface area (Å²) < 4.78 is 0. The molecule has 1 aliphatic rings. The summed E-state index contributed by atoms with van der Waals surface area (Å²) in [6.07, 6.45) is 3.16. The number of hydrogen-bond donors (Lipinski definition) is 2. The first-order valence-corrected chi connectivity index (χ1v) is 5.69. The fourth-order valence-electron chi connectivity index (χ4n) is 1.82. The van der Waals surface area contributed by atoms with Gasteiger partial charge in [-0.25, -0.2) is 4.98 Å². The van der Waals surface area contributed by atoms with Crippen LogP contribution in [-0.4, -0.2) is 24.1 Å². The summed E-state index contributed by atoms with van der Waals surface area (Å²) >= 11 is 0. The van der Waals surface area contributed by atoms with Crippen molar-refractivity contribution in [2.24, 2.45) is 0 Å². The number of pyridine rings is 1. The molecule has 0 bridgehead atoms. The third-order valence-electron chi connectivity index (χ3n) is 2.87. The lowest BCUT2D eigenvalue weighted by molar-refractivity contribution is 0.786. The van der Waals surface area contributed by atoms with E-state index < -0.39 is 0 Å². The molecule has 1 aromatic heterocycles. The van der Waals surface area contributed by atoms with E-state index in [2.05, 4.69) is 41.6 Å². The first kappa shape index (κ1) is 10.4. The Morgan fingerprint density at radius 1 is 1.47 bits per heavy atom. The van der Waals surface area contributed by atoms with Gasteiger partial charge in [0, 0.05) is 18.8 Å². The van der Waals surface area contributed by atoms with Gasteiger partial charge in [0.1, 0.15) is 5.82 Å². The largest absolute Gasteiger partial charge is 0.366 e. The third kappa shape index (κ3) is 2.69. The van der Waals surface area contributed by atoms with E-state index in [4.69, 9.17) is 0 Å². The molecule has 2 heterocycles. The van der Waals surface area contributed by atoms with Crippen molar-refractivity contribution in [1.29, 1.82) is 0 Å². The first-order valence-electron chi connectivity index (χ1n) is 5.69. The predicted molar refractivity (Wildman–Crippen MR) is 63.2 cm³/mol. The lowest BCUT2D eigenvalue weighted by atomic mass is 10.1. The molecule has 2 N–H and O–H groups in total. The molecule has 2 rings (SSSR count). The molecule has 1 fully saturated rings. The highest BCUT2D eigenvalue weighted by molar-refractivity contribution is 5.37. The second-order valence-electron chi connectivity index (χ2n) is 4.47. The fraction of sp³-hybridized carbons (Fsp3) is 0.583. The minimum Gasteiger partial charge on any atom is -0.366 e. The molecule has 0 spiro atoms. The summed E-state index contributed by atoms with van der Waals surface area (Å²) in [5, 5.41) is 6.77. The van der Waals surface area contributed by atoms with Gasteiger partial charge in [-0.05, 0) is 30.5 Å². The van der Waals surface area contributed by atoms with Gasteiger partial charge in [-0.15, -0.1) is 0 Å². The van der Waals surface area contributed by atoms with Crippen molar-refractivity contribution in [3.63, 3.8) is 0 Å². The summed E-state index contributed by atoms with van der Waals surface area (Å²) in [6, 6.07) is 4.78. The average molecular weight is 205 g/mol. The Bertz CT molecular complexity index is 299. The fourth-order valence-corrected chi connectivity index (χ4v) is 1.82. The highest BCUT2D eigenvalue weighted by atomic mass is 15.1. The van der Waals surface area contributed by atoms with Gasteiger partial charge in [0.2, 0.25) is 0 Å². The monoisotopic (exact) mass is 205 g/mol. The Labute approximate surface area is 91.3 Å². The van der Waals surface area contributed by atoms with Gasteiger partial charge in [0.05, 0.1) is 0 Å². The summed E-state index contributed by atoms with van der Waals surface area (Å²) in [5.41, 5.74) is 1.30. The molecule has 1 aromatic rings. The number of nitrogens with zero attached hydrogens (tertiary/aromatic N) is 1. The van der Waals surface area contributed by atoms with Crippen LogP contribution in [0.1, 0.15) is 31.7 Å². The van der Waals surface area contributed by atoms with Crippen LogP contribution in [0, 0.1) is 0 Å². The van der Waals surface area contributed by atoms with Crippen molar-refractivity contribution >= 4 is 5.82 Å². The Kier molecular flexibility index (Phi) is 3.21. The van der Waals surface area contributed by atoms with Gasteiger partial charge in [0.25, 0.3) is 0 Å². The van der Waals surface area contributed by atoms with Crippen molar-refractivity contribution in [1.82, 2.24) is 10.3 Å². The molecular formula is C12H19N3. The molecule has 1 atom stereocenters. The highest BCUT2D eigenvalue weighted by Crippen LogP contribution is 2.15. The average Bonchev–Trinajstić information content (AvgIpc) is 2.71. The van der Waals surface area contributed by atoms with E-state index in [1.807, 2.05) is 6.20 Å². The Hall–Kier alpha value is -1.09. The second-order valence-corrected chi connectivity index (χ2v) is 4.47. The number of nitrogens with one attached hydrogen (secondary N) is 2. The summed E-state index contributed by atoms with van der Waals surface area (Å²) in [7, 11) is 0. The van der Waals surface area contributed by atoms with Crippen LogP contribution in [0.4, 0.5) is 5.82 Å². The molecule has 0 aliphatic carbocycles. The number of hydrogen-bond acceptors (Lipinski definition) is 3. The molecule has 1 aliphatic heterocycles. The molecule has 0 unspecified atom stereocenters. The first-order chi connectivity index (χ1) is 7.25. The number of anilines is 1. The molecule has 0 saturated carbocycles. The summed E-state index contributed by atoms with van der Waals surface area (Å²) in [6.45, 7) is 6.53. The van der Waals surface area contributed by atoms with Gasteiger partial charge in [0.15, 0.2) is 0 Å². The zero-order chi connectivity index (χ0) is 10.7. The van der Waals surface area contributed by atoms with Gasteiger partial charge in [-0.2, -0.15) is 0 Å². The summed E-state index contributed by atoms with van der Waals surface area (Å²) in [5.74, 6) is 1.55. The van der Waals surface area contributed by atoms with Crippen molar-refractivity contribution in [3.8, 4) is 0 Å². The molecule has 82 valence electrons. The maximum absolute atomic E-state index is 4.42. The minimum atomic E-state index is 0.544. The molecule has 15 heavy (non-hydrogen) atoms. The number of rotatable bonds is 3. The van der Waals surface area contributed by atoms with E-state index in [0.717, 1.165) is 18.9 Å². The minimum absolute atomic E-state index is 0.544. The van der Waals surface area contributed by atoms with Crippen LogP contribution in [0.25, 0.3) is 0 Å². The maximum Gasteiger partial charge on any atom is 0.126 e.